The largest absolute Gasteiger partial charge is 0.437 e. The highest BCUT2D eigenvalue weighted by molar-refractivity contribution is 6.32. The number of aromatic nitrogens is 4. The van der Waals surface area contributed by atoms with E-state index >= 15 is 0 Å². The Balaban J connectivity index is 1.53. The van der Waals surface area contributed by atoms with E-state index in [9.17, 15) is 4.79 Å². The van der Waals surface area contributed by atoms with Gasteiger partial charge < -0.3 is 15.4 Å². The number of likely N-dealkylation sites (tertiary alicyclic amines) is 1. The zero-order chi connectivity index (χ0) is 22.9. The molecule has 9 heteroatoms. The molecule has 166 valence electrons. The predicted molar refractivity (Wildman–Crippen MR) is 126 cm³/mol. The summed E-state index contributed by atoms with van der Waals surface area (Å²) in [5.74, 6) is 1.91. The van der Waals surface area contributed by atoms with E-state index in [4.69, 9.17) is 27.1 Å². The number of nitrogens with two attached hydrogens (primary N) is 1. The summed E-state index contributed by atoms with van der Waals surface area (Å²) in [6.45, 7) is 4.83. The van der Waals surface area contributed by atoms with Crippen LogP contribution < -0.4 is 10.5 Å². The number of benzene rings is 1. The predicted octanol–water partition coefficient (Wildman–Crippen LogP) is 4.32. The van der Waals surface area contributed by atoms with Crippen LogP contribution in [0, 0.1) is 0 Å². The number of halogens is 1. The number of amides is 1. The van der Waals surface area contributed by atoms with Gasteiger partial charge in [-0.1, -0.05) is 24.2 Å². The second kappa shape index (κ2) is 8.55. The summed E-state index contributed by atoms with van der Waals surface area (Å²) in [6.07, 6.45) is 5.47. The van der Waals surface area contributed by atoms with Crippen molar-refractivity contribution in [3.63, 3.8) is 0 Å². The average Bonchev–Trinajstić information content (AvgIpc) is 3.46. The second-order valence-electron chi connectivity index (χ2n) is 7.73. The Morgan fingerprint density at radius 3 is 2.85 bits per heavy atom. The summed E-state index contributed by atoms with van der Waals surface area (Å²) in [4.78, 5) is 27.2. The number of fused-ring (bicyclic) bond motifs is 1. The minimum absolute atomic E-state index is 0.0716. The van der Waals surface area contributed by atoms with Crippen LogP contribution in [0.4, 0.5) is 5.95 Å². The quantitative estimate of drug-likeness (QED) is 0.445. The fourth-order valence-corrected chi connectivity index (χ4v) is 4.35. The fourth-order valence-electron chi connectivity index (χ4n) is 4.13. The number of imidazole rings is 1. The molecular weight excluding hydrogens is 440 g/mol. The van der Waals surface area contributed by atoms with Crippen molar-refractivity contribution in [3.8, 4) is 23.0 Å². The molecule has 0 spiro atoms. The first-order valence-electron chi connectivity index (χ1n) is 10.5. The van der Waals surface area contributed by atoms with E-state index in [-0.39, 0.29) is 11.8 Å². The molecule has 8 nitrogen and oxygen atoms in total. The Morgan fingerprint density at radius 1 is 1.21 bits per heavy atom. The lowest BCUT2D eigenvalue weighted by Gasteiger charge is -2.13. The van der Waals surface area contributed by atoms with Crippen molar-refractivity contribution >= 4 is 29.0 Å². The van der Waals surface area contributed by atoms with Gasteiger partial charge in [0.25, 0.3) is 0 Å². The van der Waals surface area contributed by atoms with Crippen LogP contribution >= 0.6 is 11.6 Å². The second-order valence-corrected chi connectivity index (χ2v) is 8.14. The number of carbonyl (C=O) groups excluding carboxylic acids is 1. The van der Waals surface area contributed by atoms with E-state index in [2.05, 4.69) is 16.5 Å². The maximum absolute atomic E-state index is 12.1. The van der Waals surface area contributed by atoms with Gasteiger partial charge in [-0.15, -0.1) is 0 Å². The monoisotopic (exact) mass is 460 g/mol. The first-order chi connectivity index (χ1) is 16.0. The topological polar surface area (TPSA) is 98.6 Å². The highest BCUT2D eigenvalue weighted by atomic mass is 35.5. The van der Waals surface area contributed by atoms with Crippen LogP contribution in [0.15, 0.2) is 67.5 Å². The molecule has 2 N–H and O–H groups in total. The highest BCUT2D eigenvalue weighted by Crippen LogP contribution is 2.36. The summed E-state index contributed by atoms with van der Waals surface area (Å²) >= 11 is 6.53. The van der Waals surface area contributed by atoms with E-state index < -0.39 is 0 Å². The van der Waals surface area contributed by atoms with Crippen LogP contribution in [0.3, 0.4) is 0 Å². The van der Waals surface area contributed by atoms with Crippen molar-refractivity contribution in [3.05, 3.63) is 78.2 Å². The Labute approximate surface area is 195 Å². The van der Waals surface area contributed by atoms with Gasteiger partial charge in [0.2, 0.25) is 17.7 Å². The van der Waals surface area contributed by atoms with Crippen molar-refractivity contribution in [2.24, 2.45) is 0 Å². The maximum atomic E-state index is 12.1. The van der Waals surface area contributed by atoms with E-state index in [0.717, 1.165) is 23.2 Å². The summed E-state index contributed by atoms with van der Waals surface area (Å²) in [6, 6.07) is 12.7. The van der Waals surface area contributed by atoms with Crippen molar-refractivity contribution < 1.29 is 9.53 Å². The van der Waals surface area contributed by atoms with Gasteiger partial charge in [-0.3, -0.25) is 9.20 Å². The number of pyridine rings is 1. The lowest BCUT2D eigenvalue weighted by Crippen LogP contribution is -2.26. The minimum Gasteiger partial charge on any atom is -0.437 e. The number of ether oxygens (including phenoxy) is 1. The lowest BCUT2D eigenvalue weighted by atomic mass is 10.0. The van der Waals surface area contributed by atoms with Crippen molar-refractivity contribution in [2.45, 2.75) is 12.3 Å². The molecule has 1 aliphatic rings. The van der Waals surface area contributed by atoms with Gasteiger partial charge in [0.1, 0.15) is 11.6 Å². The van der Waals surface area contributed by atoms with Crippen LogP contribution in [-0.2, 0) is 4.79 Å². The molecule has 0 saturated carbocycles. The number of nitrogens with zero attached hydrogens (tertiary/aromatic N) is 5. The standard InChI is InChI=1S/C24H21ClN6O2/c1-2-21(32)30-12-9-16(14-30)22-18-8-11-28-24(26)31(18)23(29-22)15-6-7-19(17(25)13-15)33-20-5-3-4-10-27-20/h2-8,10-11,13,16H,1,9,12,14H2,(H2,26,28). The molecule has 0 aliphatic carbocycles. The normalized spacial score (nSPS) is 15.7. The van der Waals surface area contributed by atoms with Gasteiger partial charge in [0, 0.05) is 43.0 Å². The molecule has 0 bridgehead atoms. The molecule has 0 radical (unpaired) electrons. The average molecular weight is 461 g/mol. The van der Waals surface area contributed by atoms with Crippen LogP contribution in [0.1, 0.15) is 18.0 Å². The van der Waals surface area contributed by atoms with Gasteiger partial charge in [0.15, 0.2) is 0 Å². The molecule has 5 rings (SSSR count). The summed E-state index contributed by atoms with van der Waals surface area (Å²) < 4.78 is 7.61. The molecule has 1 fully saturated rings. The van der Waals surface area contributed by atoms with Crippen LogP contribution in [-0.4, -0.2) is 43.2 Å². The molecule has 1 atom stereocenters. The SMILES string of the molecule is C=CC(=O)N1CCC(c2nc(-c3ccc(Oc4ccccn4)c(Cl)c3)n3c(N)nccc23)C1. The first-order valence-corrected chi connectivity index (χ1v) is 10.9. The molecule has 1 amide bonds. The number of nitrogen functional groups attached to an aromatic ring is 1. The molecule has 1 aromatic carbocycles. The summed E-state index contributed by atoms with van der Waals surface area (Å²) in [7, 11) is 0. The van der Waals surface area contributed by atoms with E-state index in [1.165, 1.54) is 6.08 Å². The fraction of sp³-hybridized carbons (Fsp3) is 0.167. The number of carbonyl (C=O) groups is 1. The van der Waals surface area contributed by atoms with Gasteiger partial charge in [-0.25, -0.2) is 15.0 Å². The maximum Gasteiger partial charge on any atom is 0.245 e. The smallest absolute Gasteiger partial charge is 0.245 e. The molecule has 1 aliphatic heterocycles. The van der Waals surface area contributed by atoms with Gasteiger partial charge in [-0.2, -0.15) is 0 Å². The Bertz CT molecular complexity index is 1350. The molecule has 3 aromatic heterocycles. The molecular formula is C24H21ClN6O2. The highest BCUT2D eigenvalue weighted by Gasteiger charge is 2.30. The minimum atomic E-state index is -0.0716. The van der Waals surface area contributed by atoms with E-state index in [0.29, 0.717) is 41.5 Å². The number of rotatable bonds is 5. The molecule has 4 aromatic rings. The Kier molecular flexibility index (Phi) is 5.43. The van der Waals surface area contributed by atoms with Crippen molar-refractivity contribution in [1.29, 1.82) is 0 Å². The third-order valence-corrected chi connectivity index (χ3v) is 6.01. The Morgan fingerprint density at radius 2 is 2.09 bits per heavy atom. The Hall–Kier alpha value is -3.91. The van der Waals surface area contributed by atoms with Gasteiger partial charge in [0.05, 0.1) is 16.2 Å². The zero-order valence-corrected chi connectivity index (χ0v) is 18.4. The third kappa shape index (κ3) is 3.89. The van der Waals surface area contributed by atoms with Crippen LogP contribution in [0.2, 0.25) is 5.02 Å². The van der Waals surface area contributed by atoms with E-state index in [1.54, 1.807) is 35.5 Å². The molecule has 33 heavy (non-hydrogen) atoms. The molecule has 4 heterocycles. The first kappa shape index (κ1) is 21.0. The van der Waals surface area contributed by atoms with Crippen molar-refractivity contribution in [1.82, 2.24) is 24.3 Å². The van der Waals surface area contributed by atoms with Crippen LogP contribution in [0.25, 0.3) is 16.9 Å². The van der Waals surface area contributed by atoms with E-state index in [1.807, 2.05) is 28.7 Å². The molecule has 1 unspecified atom stereocenters. The number of hydrogen-bond donors (Lipinski definition) is 1. The van der Waals surface area contributed by atoms with Gasteiger partial charge in [-0.05, 0) is 42.8 Å². The van der Waals surface area contributed by atoms with Crippen molar-refractivity contribution in [2.75, 3.05) is 18.8 Å². The van der Waals surface area contributed by atoms with Gasteiger partial charge >= 0.3 is 0 Å². The summed E-state index contributed by atoms with van der Waals surface area (Å²) in [5, 5.41) is 0.419. The number of hydrogen-bond acceptors (Lipinski definition) is 6. The van der Waals surface area contributed by atoms with Crippen LogP contribution in [0.5, 0.6) is 11.6 Å². The molecule has 1 saturated heterocycles. The number of anilines is 1. The lowest BCUT2D eigenvalue weighted by molar-refractivity contribution is -0.125. The summed E-state index contributed by atoms with van der Waals surface area (Å²) in [5.41, 5.74) is 8.75. The third-order valence-electron chi connectivity index (χ3n) is 5.71. The zero-order valence-electron chi connectivity index (χ0n) is 17.7.